The van der Waals surface area contributed by atoms with Gasteiger partial charge in [-0.15, -0.1) is 0 Å². The first-order chi connectivity index (χ1) is 27.7. The Bertz CT molecular complexity index is 3160. The minimum atomic E-state index is 0.656. The van der Waals surface area contributed by atoms with Crippen LogP contribution < -0.4 is 0 Å². The highest BCUT2D eigenvalue weighted by molar-refractivity contribution is 6.13. The lowest BCUT2D eigenvalue weighted by Gasteiger charge is -2.13. The van der Waals surface area contributed by atoms with Crippen LogP contribution in [0.15, 0.2) is 200 Å². The molecule has 0 amide bonds. The smallest absolute Gasteiger partial charge is 0.160 e. The Morgan fingerprint density at radius 3 is 1.80 bits per heavy atom. The molecule has 0 N–H and O–H groups in total. The van der Waals surface area contributed by atoms with E-state index in [0.717, 1.165) is 72.6 Å². The molecular weight excluding hydrogens is 683 g/mol. The molecule has 11 rings (SSSR count). The first-order valence-electron chi connectivity index (χ1n) is 18.9. The average molecular weight is 716 g/mol. The van der Waals surface area contributed by atoms with E-state index >= 15 is 0 Å². The molecule has 7 aromatic carbocycles. The van der Waals surface area contributed by atoms with Crippen molar-refractivity contribution in [1.82, 2.24) is 24.1 Å². The van der Waals surface area contributed by atoms with Crippen molar-refractivity contribution in [2.75, 3.05) is 0 Å². The highest BCUT2D eigenvalue weighted by Gasteiger charge is 2.18. The number of fused-ring (bicyclic) bond motifs is 5. The molecule has 0 aliphatic heterocycles. The Kier molecular flexibility index (Phi) is 7.42. The van der Waals surface area contributed by atoms with Gasteiger partial charge in [0, 0.05) is 50.2 Å². The molecule has 0 aliphatic rings. The minimum Gasteiger partial charge on any atom is -0.316 e. The van der Waals surface area contributed by atoms with Crippen LogP contribution in [0.5, 0.6) is 0 Å². The summed E-state index contributed by atoms with van der Waals surface area (Å²) < 4.78 is 4.63. The summed E-state index contributed by atoms with van der Waals surface area (Å²) in [5.74, 6) is 0.656. The number of hydrogen-bond donors (Lipinski definition) is 0. The van der Waals surface area contributed by atoms with Gasteiger partial charge in [-0.3, -0.25) is 0 Å². The van der Waals surface area contributed by atoms with Gasteiger partial charge in [0.25, 0.3) is 0 Å². The van der Waals surface area contributed by atoms with Crippen LogP contribution in [0.3, 0.4) is 0 Å². The summed E-state index contributed by atoms with van der Waals surface area (Å²) >= 11 is 0. The van der Waals surface area contributed by atoms with Crippen molar-refractivity contribution in [2.24, 2.45) is 0 Å². The van der Waals surface area contributed by atoms with Crippen LogP contribution in [0, 0.1) is 0 Å². The van der Waals surface area contributed by atoms with Crippen LogP contribution in [0.1, 0.15) is 0 Å². The molecule has 5 heteroatoms. The summed E-state index contributed by atoms with van der Waals surface area (Å²) in [4.78, 5) is 15.6. The van der Waals surface area contributed by atoms with E-state index in [1.165, 1.54) is 21.7 Å². The van der Waals surface area contributed by atoms with Crippen molar-refractivity contribution in [2.45, 2.75) is 0 Å². The molecule has 0 aliphatic carbocycles. The highest BCUT2D eigenvalue weighted by Crippen LogP contribution is 2.37. The molecule has 0 spiro atoms. The maximum absolute atomic E-state index is 5.29. The second-order valence-electron chi connectivity index (χ2n) is 14.1. The number of para-hydroxylation sites is 3. The molecule has 0 radical (unpaired) electrons. The Morgan fingerprint density at radius 2 is 1.02 bits per heavy atom. The van der Waals surface area contributed by atoms with Crippen molar-refractivity contribution >= 4 is 43.6 Å². The molecule has 0 fully saturated rings. The third kappa shape index (κ3) is 5.37. The molecule has 0 atom stereocenters. The molecule has 4 heterocycles. The Hall–Kier alpha value is -7.63. The first kappa shape index (κ1) is 31.9. The lowest BCUT2D eigenvalue weighted by molar-refractivity contribution is 1.12. The third-order valence-corrected chi connectivity index (χ3v) is 10.7. The first-order valence-corrected chi connectivity index (χ1v) is 18.9. The predicted molar refractivity (Wildman–Crippen MR) is 230 cm³/mol. The van der Waals surface area contributed by atoms with E-state index in [0.29, 0.717) is 5.82 Å². The lowest BCUT2D eigenvalue weighted by Crippen LogP contribution is -1.99. The quantitative estimate of drug-likeness (QED) is 0.172. The number of rotatable bonds is 6. The van der Waals surface area contributed by atoms with E-state index in [9.17, 15) is 0 Å². The summed E-state index contributed by atoms with van der Waals surface area (Å²) in [6.07, 6.45) is 2.16. The van der Waals surface area contributed by atoms with Gasteiger partial charge in [-0.2, -0.15) is 0 Å². The van der Waals surface area contributed by atoms with Gasteiger partial charge in [0.1, 0.15) is 5.69 Å². The Balaban J connectivity index is 1.06. The fourth-order valence-corrected chi connectivity index (χ4v) is 8.06. The summed E-state index contributed by atoms with van der Waals surface area (Å²) in [5, 5.41) is 4.62. The van der Waals surface area contributed by atoms with Gasteiger partial charge >= 0.3 is 0 Å². The molecule has 4 aromatic heterocycles. The Labute approximate surface area is 323 Å². The standard InChI is InChI=1S/C51H33N5/c1-4-14-34(15-5-1)38-31-45(35-16-6-2-7-17-35)52-46(32-38)50-42-21-10-12-22-44(42)53-51(54-50)36-24-26-40(27-25-36)56-47-23-13-11-20-41(47)43-30-37-28-29-55(48(37)33-49(43)56)39-18-8-3-9-19-39/h1-33H. The minimum absolute atomic E-state index is 0.656. The van der Waals surface area contributed by atoms with E-state index in [1.807, 2.05) is 24.3 Å². The lowest BCUT2D eigenvalue weighted by atomic mass is 10.0. The van der Waals surface area contributed by atoms with Gasteiger partial charge in [0.05, 0.1) is 33.5 Å². The number of pyridine rings is 1. The fraction of sp³-hybridized carbons (Fsp3) is 0. The number of benzene rings is 7. The number of nitrogens with zero attached hydrogens (tertiary/aromatic N) is 5. The highest BCUT2D eigenvalue weighted by atomic mass is 15.0. The molecule has 11 aromatic rings. The van der Waals surface area contributed by atoms with Crippen molar-refractivity contribution in [3.8, 4) is 56.5 Å². The molecule has 262 valence electrons. The number of aromatic nitrogens is 5. The topological polar surface area (TPSA) is 48.5 Å². The van der Waals surface area contributed by atoms with E-state index in [2.05, 4.69) is 185 Å². The van der Waals surface area contributed by atoms with Crippen LogP contribution in [0.25, 0.3) is 100 Å². The van der Waals surface area contributed by atoms with Crippen molar-refractivity contribution in [3.63, 3.8) is 0 Å². The van der Waals surface area contributed by atoms with Crippen LogP contribution >= 0.6 is 0 Å². The van der Waals surface area contributed by atoms with E-state index < -0.39 is 0 Å². The second-order valence-corrected chi connectivity index (χ2v) is 14.1. The Morgan fingerprint density at radius 1 is 0.357 bits per heavy atom. The maximum Gasteiger partial charge on any atom is 0.160 e. The molecule has 0 bridgehead atoms. The summed E-state index contributed by atoms with van der Waals surface area (Å²) in [6, 6.07) is 68.0. The van der Waals surface area contributed by atoms with Gasteiger partial charge in [-0.1, -0.05) is 115 Å². The second kappa shape index (κ2) is 13.0. The van der Waals surface area contributed by atoms with Crippen LogP contribution in [0.2, 0.25) is 0 Å². The SMILES string of the molecule is c1ccc(-c2cc(-c3ccccc3)nc(-c3nc(-c4ccc(-n5c6ccccc6c6cc7ccn(-c8ccccc8)c7cc65)cc4)nc4ccccc34)c2)cc1. The number of hydrogen-bond acceptors (Lipinski definition) is 3. The monoisotopic (exact) mass is 715 g/mol. The third-order valence-electron chi connectivity index (χ3n) is 10.7. The zero-order chi connectivity index (χ0) is 37.0. The largest absolute Gasteiger partial charge is 0.316 e. The fourth-order valence-electron chi connectivity index (χ4n) is 8.06. The van der Waals surface area contributed by atoms with Crippen LogP contribution in [-0.4, -0.2) is 24.1 Å². The van der Waals surface area contributed by atoms with E-state index in [1.54, 1.807) is 0 Å². The zero-order valence-corrected chi connectivity index (χ0v) is 30.3. The summed E-state index contributed by atoms with van der Waals surface area (Å²) in [5.41, 5.74) is 13.3. The van der Waals surface area contributed by atoms with Gasteiger partial charge in [0.2, 0.25) is 0 Å². The van der Waals surface area contributed by atoms with E-state index in [4.69, 9.17) is 15.0 Å². The van der Waals surface area contributed by atoms with Gasteiger partial charge in [0.15, 0.2) is 5.82 Å². The van der Waals surface area contributed by atoms with Crippen molar-refractivity contribution in [3.05, 3.63) is 200 Å². The molecule has 0 unspecified atom stereocenters. The summed E-state index contributed by atoms with van der Waals surface area (Å²) in [6.45, 7) is 0. The van der Waals surface area contributed by atoms with Crippen molar-refractivity contribution < 1.29 is 0 Å². The maximum atomic E-state index is 5.29. The van der Waals surface area contributed by atoms with Crippen LogP contribution in [-0.2, 0) is 0 Å². The normalized spacial score (nSPS) is 11.6. The molecular formula is C51H33N5. The summed E-state index contributed by atoms with van der Waals surface area (Å²) in [7, 11) is 0. The van der Waals surface area contributed by atoms with Gasteiger partial charge in [-0.25, -0.2) is 15.0 Å². The predicted octanol–water partition coefficient (Wildman–Crippen LogP) is 12.7. The zero-order valence-electron chi connectivity index (χ0n) is 30.3. The molecule has 0 saturated heterocycles. The van der Waals surface area contributed by atoms with Crippen molar-refractivity contribution in [1.29, 1.82) is 0 Å². The van der Waals surface area contributed by atoms with Gasteiger partial charge < -0.3 is 9.13 Å². The van der Waals surface area contributed by atoms with E-state index in [-0.39, 0.29) is 0 Å². The molecule has 56 heavy (non-hydrogen) atoms. The molecule has 0 saturated carbocycles. The molecule has 5 nitrogen and oxygen atoms in total. The van der Waals surface area contributed by atoms with Gasteiger partial charge in [-0.05, 0) is 90.0 Å². The average Bonchev–Trinajstić information content (AvgIpc) is 3.84. The van der Waals surface area contributed by atoms with Crippen LogP contribution in [0.4, 0.5) is 0 Å².